The fraction of sp³-hybridized carbons (Fsp3) is 0.278. The molecule has 0 saturated heterocycles. The van der Waals surface area contributed by atoms with Crippen LogP contribution < -0.4 is 4.74 Å². The summed E-state index contributed by atoms with van der Waals surface area (Å²) in [7, 11) is 4.90. The number of hydrogen-bond acceptors (Lipinski definition) is 7. The third-order valence-corrected chi connectivity index (χ3v) is 4.94. The first-order valence-corrected chi connectivity index (χ1v) is 8.86. The lowest BCUT2D eigenvalue weighted by Crippen LogP contribution is -2.00. The van der Waals surface area contributed by atoms with Crippen LogP contribution >= 0.6 is 11.8 Å². The predicted octanol–water partition coefficient (Wildman–Crippen LogP) is 3.47. The Balaban J connectivity index is 1.73. The van der Waals surface area contributed by atoms with E-state index in [1.54, 1.807) is 20.1 Å². The molecule has 0 spiro atoms. The van der Waals surface area contributed by atoms with Crippen LogP contribution in [-0.2, 0) is 17.5 Å². The molecule has 1 aromatic carbocycles. The van der Waals surface area contributed by atoms with Crippen molar-refractivity contribution in [1.29, 1.82) is 0 Å². The van der Waals surface area contributed by atoms with Crippen molar-refractivity contribution in [2.45, 2.75) is 17.8 Å². The molecule has 0 amide bonds. The van der Waals surface area contributed by atoms with E-state index in [4.69, 9.17) is 13.9 Å². The zero-order valence-corrected chi connectivity index (χ0v) is 15.8. The molecule has 136 valence electrons. The highest BCUT2D eigenvalue weighted by Gasteiger charge is 2.17. The molecule has 0 unspecified atom stereocenters. The quantitative estimate of drug-likeness (QED) is 0.483. The van der Waals surface area contributed by atoms with Crippen molar-refractivity contribution in [2.75, 3.05) is 14.2 Å². The van der Waals surface area contributed by atoms with Gasteiger partial charge in [-0.1, -0.05) is 11.8 Å². The molecular weight excluding hydrogens is 354 g/mol. The number of aromatic nitrogens is 3. The van der Waals surface area contributed by atoms with Crippen LogP contribution in [0.4, 0.5) is 0 Å². The van der Waals surface area contributed by atoms with E-state index in [0.717, 1.165) is 22.3 Å². The SMILES string of the molecule is COC(=O)c1cc(CSc2nnc(-c3ccc(OC)cc3)n2C)oc1C. The molecule has 0 fully saturated rings. The van der Waals surface area contributed by atoms with Crippen molar-refractivity contribution in [3.8, 4) is 17.1 Å². The molecule has 0 N–H and O–H groups in total. The smallest absolute Gasteiger partial charge is 0.341 e. The molecule has 0 saturated carbocycles. The zero-order chi connectivity index (χ0) is 18.7. The average Bonchev–Trinajstić information content (AvgIpc) is 3.22. The zero-order valence-electron chi connectivity index (χ0n) is 15.0. The van der Waals surface area contributed by atoms with E-state index in [1.807, 2.05) is 35.9 Å². The molecule has 8 heteroatoms. The van der Waals surface area contributed by atoms with Crippen molar-refractivity contribution in [2.24, 2.45) is 7.05 Å². The standard InChI is InChI=1S/C18H19N3O4S/c1-11-15(17(22)24-4)9-14(25-11)10-26-18-20-19-16(21(18)2)12-5-7-13(23-3)8-6-12/h5-9H,10H2,1-4H3. The third kappa shape index (κ3) is 3.60. The summed E-state index contributed by atoms with van der Waals surface area (Å²) in [5.74, 6) is 2.92. The van der Waals surface area contributed by atoms with Crippen LogP contribution in [0.3, 0.4) is 0 Å². The van der Waals surface area contributed by atoms with E-state index < -0.39 is 5.97 Å². The van der Waals surface area contributed by atoms with Crippen molar-refractivity contribution in [3.63, 3.8) is 0 Å². The minimum atomic E-state index is -0.400. The van der Waals surface area contributed by atoms with Gasteiger partial charge in [0.2, 0.25) is 0 Å². The monoisotopic (exact) mass is 373 g/mol. The Labute approximate surface area is 155 Å². The fourth-order valence-electron chi connectivity index (χ4n) is 2.50. The number of aryl methyl sites for hydroxylation is 1. The summed E-state index contributed by atoms with van der Waals surface area (Å²) in [6.45, 7) is 1.74. The molecule has 0 aliphatic heterocycles. The summed E-state index contributed by atoms with van der Waals surface area (Å²) in [6, 6.07) is 9.36. The number of furan rings is 1. The Morgan fingerprint density at radius 2 is 1.96 bits per heavy atom. The molecule has 3 aromatic rings. The van der Waals surface area contributed by atoms with Gasteiger partial charge in [0.1, 0.15) is 22.8 Å². The summed E-state index contributed by atoms with van der Waals surface area (Å²) in [6.07, 6.45) is 0. The Hall–Kier alpha value is -2.74. The minimum Gasteiger partial charge on any atom is -0.497 e. The summed E-state index contributed by atoms with van der Waals surface area (Å²) < 4.78 is 17.5. The Morgan fingerprint density at radius 3 is 2.62 bits per heavy atom. The van der Waals surface area contributed by atoms with Gasteiger partial charge in [0.05, 0.1) is 20.0 Å². The van der Waals surface area contributed by atoms with Crippen LogP contribution in [0.2, 0.25) is 0 Å². The molecule has 0 atom stereocenters. The van der Waals surface area contributed by atoms with Gasteiger partial charge >= 0.3 is 5.97 Å². The highest BCUT2D eigenvalue weighted by atomic mass is 32.2. The second kappa shape index (κ2) is 7.65. The predicted molar refractivity (Wildman–Crippen MR) is 97.3 cm³/mol. The molecular formula is C18H19N3O4S. The van der Waals surface area contributed by atoms with Crippen molar-refractivity contribution in [1.82, 2.24) is 14.8 Å². The summed E-state index contributed by atoms with van der Waals surface area (Å²) >= 11 is 1.48. The van der Waals surface area contributed by atoms with Gasteiger partial charge in [0.15, 0.2) is 11.0 Å². The number of carbonyl (C=O) groups excluding carboxylic acids is 1. The first-order chi connectivity index (χ1) is 12.5. The lowest BCUT2D eigenvalue weighted by atomic mass is 10.2. The van der Waals surface area contributed by atoms with Gasteiger partial charge in [-0.25, -0.2) is 4.79 Å². The fourth-order valence-corrected chi connectivity index (χ4v) is 3.29. The molecule has 3 rings (SSSR count). The van der Waals surface area contributed by atoms with Crippen LogP contribution in [0.15, 0.2) is 39.9 Å². The summed E-state index contributed by atoms with van der Waals surface area (Å²) in [5, 5.41) is 9.26. The van der Waals surface area contributed by atoms with Crippen LogP contribution in [0, 0.1) is 6.92 Å². The number of thioether (sulfide) groups is 1. The molecule has 7 nitrogen and oxygen atoms in total. The molecule has 26 heavy (non-hydrogen) atoms. The van der Waals surface area contributed by atoms with Crippen molar-refractivity contribution in [3.05, 3.63) is 47.4 Å². The first kappa shape index (κ1) is 18.1. The second-order valence-electron chi connectivity index (χ2n) is 5.56. The van der Waals surface area contributed by atoms with E-state index in [2.05, 4.69) is 10.2 Å². The molecule has 0 aliphatic rings. The summed E-state index contributed by atoms with van der Waals surface area (Å²) in [5.41, 5.74) is 1.40. The molecule has 0 aliphatic carbocycles. The van der Waals surface area contributed by atoms with E-state index in [9.17, 15) is 4.79 Å². The van der Waals surface area contributed by atoms with Crippen LogP contribution in [0.1, 0.15) is 21.9 Å². The van der Waals surface area contributed by atoms with Gasteiger partial charge in [-0.3, -0.25) is 0 Å². The maximum atomic E-state index is 11.7. The number of nitrogens with zero attached hydrogens (tertiary/aromatic N) is 3. The molecule has 2 aromatic heterocycles. The van der Waals surface area contributed by atoms with Gasteiger partial charge in [-0.2, -0.15) is 0 Å². The number of hydrogen-bond donors (Lipinski definition) is 0. The number of ether oxygens (including phenoxy) is 2. The Bertz CT molecular complexity index is 915. The van der Waals surface area contributed by atoms with Crippen LogP contribution in [0.25, 0.3) is 11.4 Å². The number of benzene rings is 1. The van der Waals surface area contributed by atoms with Gasteiger partial charge in [0, 0.05) is 12.6 Å². The Kier molecular flexibility index (Phi) is 5.32. The van der Waals surface area contributed by atoms with Crippen molar-refractivity contribution >= 4 is 17.7 Å². The highest BCUT2D eigenvalue weighted by Crippen LogP contribution is 2.27. The number of methoxy groups -OCH3 is 2. The summed E-state index contributed by atoms with van der Waals surface area (Å²) in [4.78, 5) is 11.7. The lowest BCUT2D eigenvalue weighted by Gasteiger charge is -2.04. The Morgan fingerprint density at radius 1 is 1.23 bits per heavy atom. The van der Waals surface area contributed by atoms with Gasteiger partial charge in [-0.15, -0.1) is 10.2 Å². The van der Waals surface area contributed by atoms with Crippen LogP contribution in [-0.4, -0.2) is 35.0 Å². The van der Waals surface area contributed by atoms with Gasteiger partial charge in [-0.05, 0) is 37.3 Å². The first-order valence-electron chi connectivity index (χ1n) is 7.87. The van der Waals surface area contributed by atoms with E-state index in [-0.39, 0.29) is 0 Å². The molecule has 0 bridgehead atoms. The number of carbonyl (C=O) groups is 1. The third-order valence-electron chi connectivity index (χ3n) is 3.90. The van der Waals surface area contributed by atoms with Gasteiger partial charge < -0.3 is 18.5 Å². The second-order valence-corrected chi connectivity index (χ2v) is 6.50. The van der Waals surface area contributed by atoms with Crippen molar-refractivity contribution < 1.29 is 18.7 Å². The topological polar surface area (TPSA) is 79.4 Å². The normalized spacial score (nSPS) is 10.8. The number of rotatable bonds is 6. The van der Waals surface area contributed by atoms with E-state index in [1.165, 1.54) is 18.9 Å². The molecule has 2 heterocycles. The van der Waals surface area contributed by atoms with Gasteiger partial charge in [0.25, 0.3) is 0 Å². The van der Waals surface area contributed by atoms with E-state index in [0.29, 0.717) is 22.8 Å². The maximum absolute atomic E-state index is 11.7. The van der Waals surface area contributed by atoms with Crippen LogP contribution in [0.5, 0.6) is 5.75 Å². The number of esters is 1. The maximum Gasteiger partial charge on any atom is 0.341 e. The minimum absolute atomic E-state index is 0.400. The lowest BCUT2D eigenvalue weighted by molar-refractivity contribution is 0.0599. The average molecular weight is 373 g/mol. The van der Waals surface area contributed by atoms with E-state index >= 15 is 0 Å². The highest BCUT2D eigenvalue weighted by molar-refractivity contribution is 7.98. The largest absolute Gasteiger partial charge is 0.497 e. The molecule has 0 radical (unpaired) electrons.